The number of benzene rings is 2. The molecule has 4 nitrogen and oxygen atoms in total. The van der Waals surface area contributed by atoms with Crippen molar-refractivity contribution in [1.29, 1.82) is 0 Å². The number of halogens is 2. The molecule has 0 unspecified atom stereocenters. The van der Waals surface area contributed by atoms with E-state index in [-0.39, 0.29) is 5.82 Å². The van der Waals surface area contributed by atoms with Crippen molar-refractivity contribution in [3.63, 3.8) is 0 Å². The molecule has 122 valence electrons. The molecule has 3 aromatic rings. The summed E-state index contributed by atoms with van der Waals surface area (Å²) < 4.78 is 13.6. The van der Waals surface area contributed by atoms with Gasteiger partial charge in [-0.2, -0.15) is 4.98 Å². The zero-order valence-corrected chi connectivity index (χ0v) is 13.6. The van der Waals surface area contributed by atoms with Gasteiger partial charge >= 0.3 is 0 Å². The maximum Gasteiger partial charge on any atom is 0.224 e. The fourth-order valence-electron chi connectivity index (χ4n) is 2.19. The van der Waals surface area contributed by atoms with Crippen molar-refractivity contribution in [2.75, 3.05) is 10.6 Å². The van der Waals surface area contributed by atoms with Crippen molar-refractivity contribution in [3.05, 3.63) is 82.8 Å². The van der Waals surface area contributed by atoms with Gasteiger partial charge in [-0.05, 0) is 23.8 Å². The molecule has 0 saturated carbocycles. The second kappa shape index (κ2) is 7.75. The monoisotopic (exact) mass is 342 g/mol. The Morgan fingerprint density at radius 1 is 0.875 bits per heavy atom. The zero-order valence-electron chi connectivity index (χ0n) is 12.8. The highest BCUT2D eigenvalue weighted by molar-refractivity contribution is 6.31. The van der Waals surface area contributed by atoms with E-state index < -0.39 is 0 Å². The fraction of sp³-hybridized carbons (Fsp3) is 0.111. The van der Waals surface area contributed by atoms with E-state index >= 15 is 0 Å². The molecule has 3 rings (SSSR count). The summed E-state index contributed by atoms with van der Waals surface area (Å²) in [5, 5.41) is 6.93. The average molecular weight is 343 g/mol. The van der Waals surface area contributed by atoms with E-state index in [4.69, 9.17) is 11.6 Å². The van der Waals surface area contributed by atoms with Gasteiger partial charge in [0.15, 0.2) is 0 Å². The number of nitrogens with one attached hydrogen (secondary N) is 2. The molecule has 0 fully saturated rings. The van der Waals surface area contributed by atoms with E-state index in [9.17, 15) is 4.39 Å². The lowest BCUT2D eigenvalue weighted by molar-refractivity contribution is 0.612. The maximum absolute atomic E-state index is 13.6. The normalized spacial score (nSPS) is 10.4. The van der Waals surface area contributed by atoms with Crippen LogP contribution in [0.15, 0.2) is 60.8 Å². The van der Waals surface area contributed by atoms with Crippen molar-refractivity contribution in [3.8, 4) is 0 Å². The van der Waals surface area contributed by atoms with Crippen molar-refractivity contribution >= 4 is 23.4 Å². The van der Waals surface area contributed by atoms with Gasteiger partial charge in [0.2, 0.25) is 5.95 Å². The molecule has 6 heteroatoms. The predicted molar refractivity (Wildman–Crippen MR) is 94.5 cm³/mol. The number of rotatable bonds is 6. The van der Waals surface area contributed by atoms with E-state index in [1.54, 1.807) is 30.5 Å². The first-order valence-electron chi connectivity index (χ1n) is 7.50. The minimum Gasteiger partial charge on any atom is -0.366 e. The van der Waals surface area contributed by atoms with Gasteiger partial charge in [-0.15, -0.1) is 0 Å². The first-order chi connectivity index (χ1) is 11.7. The molecule has 0 spiro atoms. The van der Waals surface area contributed by atoms with Gasteiger partial charge in [0.05, 0.1) is 0 Å². The highest BCUT2D eigenvalue weighted by Gasteiger charge is 2.04. The highest BCUT2D eigenvalue weighted by Crippen LogP contribution is 2.16. The summed E-state index contributed by atoms with van der Waals surface area (Å²) in [7, 11) is 0. The Morgan fingerprint density at radius 3 is 2.38 bits per heavy atom. The minimum absolute atomic E-state index is 0.252. The summed E-state index contributed by atoms with van der Waals surface area (Å²) in [4.78, 5) is 8.51. The molecular formula is C18H16ClFN4. The molecule has 2 aromatic carbocycles. The molecule has 0 bridgehead atoms. The van der Waals surface area contributed by atoms with Crippen LogP contribution < -0.4 is 10.6 Å². The molecule has 0 radical (unpaired) electrons. The van der Waals surface area contributed by atoms with Gasteiger partial charge < -0.3 is 10.6 Å². The van der Waals surface area contributed by atoms with Gasteiger partial charge in [0.1, 0.15) is 11.6 Å². The second-order valence-corrected chi connectivity index (χ2v) is 5.56. The Morgan fingerprint density at radius 2 is 1.58 bits per heavy atom. The van der Waals surface area contributed by atoms with E-state index in [0.29, 0.717) is 35.4 Å². The minimum atomic E-state index is -0.252. The molecular weight excluding hydrogens is 327 g/mol. The van der Waals surface area contributed by atoms with Crippen molar-refractivity contribution < 1.29 is 4.39 Å². The van der Waals surface area contributed by atoms with Gasteiger partial charge in [-0.25, -0.2) is 9.37 Å². The van der Waals surface area contributed by atoms with Gasteiger partial charge in [-0.1, -0.05) is 48.0 Å². The van der Waals surface area contributed by atoms with Crippen molar-refractivity contribution in [2.24, 2.45) is 0 Å². The fourth-order valence-corrected chi connectivity index (χ4v) is 2.39. The molecule has 1 aromatic heterocycles. The third kappa shape index (κ3) is 4.20. The lowest BCUT2D eigenvalue weighted by atomic mass is 10.2. The molecule has 0 amide bonds. The van der Waals surface area contributed by atoms with Crippen molar-refractivity contribution in [2.45, 2.75) is 13.1 Å². The molecule has 0 saturated heterocycles. The van der Waals surface area contributed by atoms with Crippen LogP contribution in [0.3, 0.4) is 0 Å². The molecule has 0 atom stereocenters. The smallest absolute Gasteiger partial charge is 0.224 e. The topological polar surface area (TPSA) is 49.8 Å². The van der Waals surface area contributed by atoms with Crippen LogP contribution in [-0.4, -0.2) is 9.97 Å². The first-order valence-corrected chi connectivity index (χ1v) is 7.88. The Kier molecular flexibility index (Phi) is 5.23. The standard InChI is InChI=1S/C18H16ClFN4/c19-15-7-3-1-5-13(15)11-22-17-9-10-21-18(24-17)23-12-14-6-2-4-8-16(14)20/h1-10H,11-12H2,(H2,21,22,23,24). The predicted octanol–water partition coefficient (Wildman–Crippen LogP) is 4.49. The second-order valence-electron chi connectivity index (χ2n) is 5.16. The summed E-state index contributed by atoms with van der Waals surface area (Å²) in [6, 6.07) is 16.0. The summed E-state index contributed by atoms with van der Waals surface area (Å²) >= 11 is 6.13. The van der Waals surface area contributed by atoms with Gasteiger partial charge in [0, 0.05) is 29.9 Å². The summed E-state index contributed by atoms with van der Waals surface area (Å²) in [5.74, 6) is 0.848. The summed E-state index contributed by atoms with van der Waals surface area (Å²) in [6.45, 7) is 0.879. The number of nitrogens with zero attached hydrogens (tertiary/aromatic N) is 2. The summed E-state index contributed by atoms with van der Waals surface area (Å²) in [5.41, 5.74) is 1.55. The lowest BCUT2D eigenvalue weighted by Gasteiger charge is -2.09. The van der Waals surface area contributed by atoms with Crippen molar-refractivity contribution in [1.82, 2.24) is 9.97 Å². The van der Waals surface area contributed by atoms with Crippen LogP contribution in [0.25, 0.3) is 0 Å². The average Bonchev–Trinajstić information content (AvgIpc) is 2.61. The first kappa shape index (κ1) is 16.2. The van der Waals surface area contributed by atoms with Crippen LogP contribution >= 0.6 is 11.6 Å². The highest BCUT2D eigenvalue weighted by atomic mass is 35.5. The Bertz CT molecular complexity index is 761. The van der Waals surface area contributed by atoms with E-state index in [0.717, 1.165) is 5.56 Å². The Hall–Kier alpha value is -2.66. The molecule has 24 heavy (non-hydrogen) atoms. The van der Waals surface area contributed by atoms with Crippen LogP contribution in [-0.2, 0) is 13.1 Å². The van der Waals surface area contributed by atoms with E-state index in [2.05, 4.69) is 20.6 Å². The van der Waals surface area contributed by atoms with Crippen LogP contribution in [0.4, 0.5) is 16.2 Å². The Balaban J connectivity index is 1.62. The molecule has 0 aliphatic heterocycles. The van der Waals surface area contributed by atoms with E-state index in [1.165, 1.54) is 6.07 Å². The SMILES string of the molecule is Fc1ccccc1CNc1nccc(NCc2ccccc2Cl)n1. The lowest BCUT2D eigenvalue weighted by Crippen LogP contribution is -2.07. The van der Waals surface area contributed by atoms with Gasteiger partial charge in [0.25, 0.3) is 0 Å². The molecule has 0 aliphatic carbocycles. The number of hydrogen-bond acceptors (Lipinski definition) is 4. The van der Waals surface area contributed by atoms with Crippen LogP contribution in [0.1, 0.15) is 11.1 Å². The number of anilines is 2. The molecule has 2 N–H and O–H groups in total. The molecule has 1 heterocycles. The third-order valence-corrected chi connectivity index (χ3v) is 3.84. The largest absolute Gasteiger partial charge is 0.366 e. The van der Waals surface area contributed by atoms with Crippen LogP contribution in [0, 0.1) is 5.82 Å². The zero-order chi connectivity index (χ0) is 16.8. The van der Waals surface area contributed by atoms with Gasteiger partial charge in [-0.3, -0.25) is 0 Å². The molecule has 0 aliphatic rings. The number of hydrogen-bond donors (Lipinski definition) is 2. The summed E-state index contributed by atoms with van der Waals surface area (Å²) in [6.07, 6.45) is 1.64. The third-order valence-electron chi connectivity index (χ3n) is 3.47. The van der Waals surface area contributed by atoms with Crippen LogP contribution in [0.2, 0.25) is 5.02 Å². The maximum atomic E-state index is 13.6. The Labute approximate surface area is 144 Å². The van der Waals surface area contributed by atoms with E-state index in [1.807, 2.05) is 24.3 Å². The van der Waals surface area contributed by atoms with Crippen LogP contribution in [0.5, 0.6) is 0 Å². The quantitative estimate of drug-likeness (QED) is 0.692. The number of aromatic nitrogens is 2.